The molecule has 0 bridgehead atoms. The van der Waals surface area contributed by atoms with Crippen LogP contribution in [0.3, 0.4) is 0 Å². The average Bonchev–Trinajstić information content (AvgIpc) is 2.90. The summed E-state index contributed by atoms with van der Waals surface area (Å²) >= 11 is 0. The molecule has 3 saturated heterocycles. The third-order valence-electron chi connectivity index (χ3n) is 4.76. The molecule has 0 saturated carbocycles. The van der Waals surface area contributed by atoms with Crippen LogP contribution in [0.25, 0.3) is 0 Å². The minimum absolute atomic E-state index is 0.203. The Morgan fingerprint density at radius 1 is 1.06 bits per heavy atom. The molecule has 6 heteroatoms. The van der Waals surface area contributed by atoms with Crippen LogP contribution >= 0.6 is 0 Å². The molecule has 0 spiro atoms. The minimum Gasteiger partial charge on any atom is -0.315 e. The molecule has 0 amide bonds. The van der Waals surface area contributed by atoms with Gasteiger partial charge < -0.3 is 5.32 Å². The number of hydrogen-bond acceptors (Lipinski definition) is 3. The zero-order valence-corrected chi connectivity index (χ0v) is 11.8. The molecule has 3 aliphatic heterocycles. The van der Waals surface area contributed by atoms with Gasteiger partial charge >= 0.3 is 0 Å². The van der Waals surface area contributed by atoms with Gasteiger partial charge in [0.15, 0.2) is 0 Å². The number of rotatable bonds is 2. The summed E-state index contributed by atoms with van der Waals surface area (Å²) in [5.74, 6) is 1.19. The number of nitrogens with one attached hydrogen (secondary N) is 1. The van der Waals surface area contributed by atoms with Crippen LogP contribution in [0.4, 0.5) is 0 Å². The molecule has 0 aromatic heterocycles. The van der Waals surface area contributed by atoms with E-state index in [4.69, 9.17) is 0 Å². The van der Waals surface area contributed by atoms with E-state index >= 15 is 0 Å². The molecule has 0 aliphatic carbocycles. The maximum absolute atomic E-state index is 12.7. The Morgan fingerprint density at radius 3 is 2.50 bits per heavy atom. The Kier molecular flexibility index (Phi) is 3.38. The fourth-order valence-electron chi connectivity index (χ4n) is 3.46. The van der Waals surface area contributed by atoms with Crippen molar-refractivity contribution in [1.82, 2.24) is 13.9 Å². The minimum atomic E-state index is -3.21. The van der Waals surface area contributed by atoms with E-state index in [2.05, 4.69) is 12.2 Å². The second kappa shape index (κ2) is 4.74. The summed E-state index contributed by atoms with van der Waals surface area (Å²) in [4.78, 5) is 0. The summed E-state index contributed by atoms with van der Waals surface area (Å²) in [5, 5.41) is 3.31. The first-order chi connectivity index (χ1) is 8.59. The molecule has 2 atom stereocenters. The molecular formula is C12H23N3O2S. The Bertz CT molecular complexity index is 404. The standard InChI is InChI=1S/C12H23N3O2S/c1-10-2-5-14(6-3-10)18(16,17)15-7-4-11-8-13-9-12(11)15/h10-13H,2-9H2,1H3/t11-,12+/m1/s1. The van der Waals surface area contributed by atoms with E-state index < -0.39 is 10.2 Å². The fourth-order valence-corrected chi connectivity index (χ4v) is 5.35. The zero-order chi connectivity index (χ0) is 12.8. The molecule has 104 valence electrons. The van der Waals surface area contributed by atoms with E-state index in [1.54, 1.807) is 8.61 Å². The lowest BCUT2D eigenvalue weighted by molar-refractivity contribution is 0.259. The molecule has 3 fully saturated rings. The van der Waals surface area contributed by atoms with Gasteiger partial charge in [-0.15, -0.1) is 0 Å². The van der Waals surface area contributed by atoms with Crippen LogP contribution in [0.5, 0.6) is 0 Å². The van der Waals surface area contributed by atoms with Crippen LogP contribution in [-0.4, -0.2) is 55.8 Å². The van der Waals surface area contributed by atoms with Crippen molar-refractivity contribution in [2.75, 3.05) is 32.7 Å². The second-order valence-corrected chi connectivity index (χ2v) is 7.86. The smallest absolute Gasteiger partial charge is 0.282 e. The predicted octanol–water partition coefficient (Wildman–Crippen LogP) is 0.257. The topological polar surface area (TPSA) is 52.7 Å². The lowest BCUT2D eigenvalue weighted by Crippen LogP contribution is -2.49. The third-order valence-corrected chi connectivity index (χ3v) is 6.82. The van der Waals surface area contributed by atoms with Gasteiger partial charge in [-0.25, -0.2) is 0 Å². The molecule has 3 aliphatic rings. The maximum Gasteiger partial charge on any atom is 0.282 e. The molecule has 0 aromatic carbocycles. The normalized spacial score (nSPS) is 36.1. The van der Waals surface area contributed by atoms with Gasteiger partial charge in [0.1, 0.15) is 0 Å². The molecule has 1 N–H and O–H groups in total. The van der Waals surface area contributed by atoms with E-state index in [-0.39, 0.29) is 6.04 Å². The molecule has 3 rings (SSSR count). The number of hydrogen-bond donors (Lipinski definition) is 1. The van der Waals surface area contributed by atoms with Crippen molar-refractivity contribution in [3.8, 4) is 0 Å². The lowest BCUT2D eigenvalue weighted by atomic mass is 10.0. The van der Waals surface area contributed by atoms with Gasteiger partial charge in [-0.1, -0.05) is 6.92 Å². The summed E-state index contributed by atoms with van der Waals surface area (Å²) < 4.78 is 28.8. The fraction of sp³-hybridized carbons (Fsp3) is 1.00. The third kappa shape index (κ3) is 2.09. The van der Waals surface area contributed by atoms with E-state index in [0.29, 0.717) is 31.5 Å². The molecule has 0 radical (unpaired) electrons. The van der Waals surface area contributed by atoms with E-state index in [9.17, 15) is 8.42 Å². The van der Waals surface area contributed by atoms with Gasteiger partial charge in [0.25, 0.3) is 10.2 Å². The van der Waals surface area contributed by atoms with Crippen molar-refractivity contribution >= 4 is 10.2 Å². The van der Waals surface area contributed by atoms with Crippen LogP contribution < -0.4 is 5.32 Å². The number of piperidine rings is 1. The highest BCUT2D eigenvalue weighted by atomic mass is 32.2. The first-order valence-corrected chi connectivity index (χ1v) is 8.46. The van der Waals surface area contributed by atoms with E-state index in [0.717, 1.165) is 32.4 Å². The summed E-state index contributed by atoms with van der Waals surface area (Å²) in [6.45, 7) is 6.12. The highest BCUT2D eigenvalue weighted by Gasteiger charge is 2.45. The monoisotopic (exact) mass is 273 g/mol. The Hall–Kier alpha value is -0.170. The zero-order valence-electron chi connectivity index (χ0n) is 11.0. The van der Waals surface area contributed by atoms with E-state index in [1.165, 1.54) is 0 Å². The second-order valence-electron chi connectivity index (χ2n) is 5.97. The van der Waals surface area contributed by atoms with Gasteiger partial charge in [-0.3, -0.25) is 0 Å². The summed E-state index contributed by atoms with van der Waals surface area (Å²) in [6, 6.07) is 0.203. The SMILES string of the molecule is CC1CCN(S(=O)(=O)N2CC[C@@H]3CNC[C@@H]32)CC1. The van der Waals surface area contributed by atoms with Gasteiger partial charge in [-0.05, 0) is 37.6 Å². The Morgan fingerprint density at radius 2 is 1.78 bits per heavy atom. The molecule has 5 nitrogen and oxygen atoms in total. The molecule has 18 heavy (non-hydrogen) atoms. The van der Waals surface area contributed by atoms with Crippen molar-refractivity contribution in [1.29, 1.82) is 0 Å². The lowest BCUT2D eigenvalue weighted by Gasteiger charge is -2.34. The van der Waals surface area contributed by atoms with Gasteiger partial charge in [0, 0.05) is 32.2 Å². The highest BCUT2D eigenvalue weighted by Crippen LogP contribution is 2.32. The van der Waals surface area contributed by atoms with Crippen LogP contribution in [0.15, 0.2) is 0 Å². The summed E-state index contributed by atoms with van der Waals surface area (Å²) in [5.41, 5.74) is 0. The Balaban J connectivity index is 1.74. The average molecular weight is 273 g/mol. The largest absolute Gasteiger partial charge is 0.315 e. The maximum atomic E-state index is 12.7. The van der Waals surface area contributed by atoms with Crippen molar-refractivity contribution in [3.63, 3.8) is 0 Å². The molecule has 0 aromatic rings. The van der Waals surface area contributed by atoms with Crippen LogP contribution in [0.2, 0.25) is 0 Å². The van der Waals surface area contributed by atoms with Crippen molar-refractivity contribution < 1.29 is 8.42 Å². The van der Waals surface area contributed by atoms with Gasteiger partial charge in [0.2, 0.25) is 0 Å². The van der Waals surface area contributed by atoms with Gasteiger partial charge in [-0.2, -0.15) is 17.0 Å². The number of fused-ring (bicyclic) bond motifs is 1. The molecular weight excluding hydrogens is 250 g/mol. The number of nitrogens with zero attached hydrogens (tertiary/aromatic N) is 2. The summed E-state index contributed by atoms with van der Waals surface area (Å²) in [6.07, 6.45) is 3.01. The van der Waals surface area contributed by atoms with Crippen LogP contribution in [-0.2, 0) is 10.2 Å². The van der Waals surface area contributed by atoms with Crippen LogP contribution in [0.1, 0.15) is 26.2 Å². The quantitative estimate of drug-likeness (QED) is 0.785. The van der Waals surface area contributed by atoms with Gasteiger partial charge in [0.05, 0.1) is 0 Å². The highest BCUT2D eigenvalue weighted by molar-refractivity contribution is 7.86. The van der Waals surface area contributed by atoms with Crippen LogP contribution in [0, 0.1) is 11.8 Å². The molecule has 0 unspecified atom stereocenters. The first kappa shape index (κ1) is 12.8. The van der Waals surface area contributed by atoms with Crippen molar-refractivity contribution in [3.05, 3.63) is 0 Å². The first-order valence-electron chi connectivity index (χ1n) is 7.06. The van der Waals surface area contributed by atoms with Crippen molar-refractivity contribution in [2.45, 2.75) is 32.2 Å². The summed E-state index contributed by atoms with van der Waals surface area (Å²) in [7, 11) is -3.21. The van der Waals surface area contributed by atoms with E-state index in [1.807, 2.05) is 0 Å². The van der Waals surface area contributed by atoms with Crippen molar-refractivity contribution in [2.24, 2.45) is 11.8 Å². The Labute approximate surface area is 110 Å². The predicted molar refractivity (Wildman–Crippen MR) is 70.4 cm³/mol. The molecule has 3 heterocycles.